The zero-order valence-corrected chi connectivity index (χ0v) is 15.5. The molecule has 1 aliphatic heterocycles. The number of hydrogen-bond donors (Lipinski definition) is 1. The molecule has 0 saturated heterocycles. The van der Waals surface area contributed by atoms with Crippen molar-refractivity contribution in [2.75, 3.05) is 26.7 Å². The molecule has 21 heavy (non-hydrogen) atoms. The van der Waals surface area contributed by atoms with Gasteiger partial charge in [-0.1, -0.05) is 36.6 Å². The van der Waals surface area contributed by atoms with E-state index >= 15 is 0 Å². The summed E-state index contributed by atoms with van der Waals surface area (Å²) in [6.45, 7) is 2.88. The van der Waals surface area contributed by atoms with Gasteiger partial charge in [0.1, 0.15) is 0 Å². The van der Waals surface area contributed by atoms with Crippen LogP contribution in [0.3, 0.4) is 0 Å². The topological polar surface area (TPSA) is 27.6 Å². The van der Waals surface area contributed by atoms with Gasteiger partial charge in [-0.2, -0.15) is 0 Å². The Kier molecular flexibility index (Phi) is 5.77. The maximum Gasteiger partial charge on any atom is 0.193 e. The van der Waals surface area contributed by atoms with Crippen molar-refractivity contribution in [3.8, 4) is 0 Å². The Balaban J connectivity index is 0.00000161. The third kappa shape index (κ3) is 3.65. The number of hydrogen-bond acceptors (Lipinski definition) is 3. The molecule has 3 nitrogen and oxygen atoms in total. The van der Waals surface area contributed by atoms with Crippen LogP contribution in [-0.4, -0.2) is 37.5 Å². The maximum atomic E-state index is 6.18. The molecule has 0 atom stereocenters. The fourth-order valence-corrected chi connectivity index (χ4v) is 3.60. The summed E-state index contributed by atoms with van der Waals surface area (Å²) in [6.07, 6.45) is 5.07. The summed E-state index contributed by atoms with van der Waals surface area (Å²) in [4.78, 5) is 6.72. The number of nitrogens with zero attached hydrogens (tertiary/aromatic N) is 2. The van der Waals surface area contributed by atoms with Gasteiger partial charge in [0.05, 0.1) is 6.54 Å². The summed E-state index contributed by atoms with van der Waals surface area (Å²) in [7, 11) is 2.10. The zero-order valence-electron chi connectivity index (χ0n) is 12.4. The van der Waals surface area contributed by atoms with Crippen LogP contribution in [0.1, 0.15) is 31.2 Å². The molecule has 0 amide bonds. The molecule has 3 rings (SSSR count). The van der Waals surface area contributed by atoms with Crippen molar-refractivity contribution in [1.29, 1.82) is 0 Å². The quantitative estimate of drug-likeness (QED) is 0.757. The molecule has 0 bridgehead atoms. The molecule has 1 aliphatic carbocycles. The van der Waals surface area contributed by atoms with Crippen LogP contribution in [0.25, 0.3) is 0 Å². The van der Waals surface area contributed by atoms with Gasteiger partial charge in [-0.3, -0.25) is 4.99 Å². The van der Waals surface area contributed by atoms with E-state index in [0.29, 0.717) is 0 Å². The van der Waals surface area contributed by atoms with Crippen LogP contribution >= 0.6 is 35.6 Å². The highest BCUT2D eigenvalue weighted by molar-refractivity contribution is 14.0. The number of guanidine groups is 1. The number of rotatable bonds is 3. The van der Waals surface area contributed by atoms with Crippen molar-refractivity contribution in [1.82, 2.24) is 10.2 Å². The standard InChI is InChI=1S/C16H22ClN3.HI/c1-20-10-9-18-15(20)19-12-16(7-2-3-8-16)13-5-4-6-14(17)11-13;/h4-6,11H,2-3,7-10,12H2,1H3,(H,18,19);1H. The largest absolute Gasteiger partial charge is 0.355 e. The van der Waals surface area contributed by atoms with Gasteiger partial charge in [-0.25, -0.2) is 0 Å². The molecule has 0 aromatic heterocycles. The molecule has 1 heterocycles. The lowest BCUT2D eigenvalue weighted by Gasteiger charge is -2.31. The summed E-state index contributed by atoms with van der Waals surface area (Å²) >= 11 is 6.18. The minimum Gasteiger partial charge on any atom is -0.355 e. The minimum atomic E-state index is 0. The van der Waals surface area contributed by atoms with Gasteiger partial charge in [-0.05, 0) is 30.5 Å². The van der Waals surface area contributed by atoms with E-state index in [1.54, 1.807) is 0 Å². The molecule has 2 aliphatic rings. The third-order valence-corrected chi connectivity index (χ3v) is 4.88. The van der Waals surface area contributed by atoms with Crippen molar-refractivity contribution >= 4 is 41.5 Å². The highest BCUT2D eigenvalue weighted by atomic mass is 127. The van der Waals surface area contributed by atoms with E-state index in [4.69, 9.17) is 11.6 Å². The Bertz CT molecular complexity index is 512. The fraction of sp³-hybridized carbons (Fsp3) is 0.562. The first kappa shape index (κ1) is 16.9. The second-order valence-corrected chi connectivity index (χ2v) is 6.41. The first-order valence-electron chi connectivity index (χ1n) is 7.45. The number of benzene rings is 1. The lowest BCUT2D eigenvalue weighted by molar-refractivity contribution is 0.422. The molecule has 1 aromatic rings. The van der Waals surface area contributed by atoms with Gasteiger partial charge < -0.3 is 10.2 Å². The molecular formula is C16H23ClIN3. The number of aliphatic imine (C=N–C) groups is 1. The van der Waals surface area contributed by atoms with Crippen LogP contribution in [0.4, 0.5) is 0 Å². The first-order chi connectivity index (χ1) is 9.70. The second kappa shape index (κ2) is 7.18. The molecule has 0 unspecified atom stereocenters. The number of nitrogens with one attached hydrogen (secondary N) is 1. The molecule has 0 spiro atoms. The van der Waals surface area contributed by atoms with Crippen LogP contribution < -0.4 is 5.32 Å². The summed E-state index contributed by atoms with van der Waals surface area (Å²) < 4.78 is 0. The molecular weight excluding hydrogens is 397 g/mol. The summed E-state index contributed by atoms with van der Waals surface area (Å²) in [5, 5.41) is 4.40. The van der Waals surface area contributed by atoms with Crippen LogP contribution in [-0.2, 0) is 5.41 Å². The van der Waals surface area contributed by atoms with Crippen LogP contribution in [0, 0.1) is 0 Å². The van der Waals surface area contributed by atoms with Gasteiger partial charge in [0, 0.05) is 30.6 Å². The fourth-order valence-electron chi connectivity index (χ4n) is 3.41. The van der Waals surface area contributed by atoms with Crippen molar-refractivity contribution in [2.24, 2.45) is 4.99 Å². The second-order valence-electron chi connectivity index (χ2n) is 5.98. The molecule has 1 N–H and O–H groups in total. The Morgan fingerprint density at radius 2 is 2.10 bits per heavy atom. The zero-order chi connectivity index (χ0) is 14.0. The van der Waals surface area contributed by atoms with E-state index in [9.17, 15) is 0 Å². The highest BCUT2D eigenvalue weighted by Gasteiger charge is 2.36. The SMILES string of the molecule is CN1CCN=C1NCC1(c2cccc(Cl)c2)CCCC1.I. The molecule has 1 fully saturated rings. The predicted molar refractivity (Wildman–Crippen MR) is 99.9 cm³/mol. The van der Waals surface area contributed by atoms with Crippen molar-refractivity contribution in [2.45, 2.75) is 31.1 Å². The molecule has 1 aromatic carbocycles. The molecule has 1 saturated carbocycles. The van der Waals surface area contributed by atoms with Gasteiger partial charge in [-0.15, -0.1) is 24.0 Å². The molecule has 5 heteroatoms. The normalized spacial score (nSPS) is 20.1. The van der Waals surface area contributed by atoms with Crippen molar-refractivity contribution in [3.05, 3.63) is 34.9 Å². The lowest BCUT2D eigenvalue weighted by Crippen LogP contribution is -2.43. The van der Waals surface area contributed by atoms with Crippen molar-refractivity contribution in [3.63, 3.8) is 0 Å². The maximum absolute atomic E-state index is 6.18. The van der Waals surface area contributed by atoms with E-state index in [0.717, 1.165) is 30.6 Å². The molecule has 0 radical (unpaired) electrons. The summed E-state index contributed by atoms with van der Waals surface area (Å²) in [5.41, 5.74) is 1.59. The Morgan fingerprint density at radius 1 is 1.33 bits per heavy atom. The molecule has 116 valence electrons. The van der Waals surface area contributed by atoms with Crippen molar-refractivity contribution < 1.29 is 0 Å². The Morgan fingerprint density at radius 3 is 2.71 bits per heavy atom. The van der Waals surface area contributed by atoms with Crippen LogP contribution in [0.5, 0.6) is 0 Å². The average Bonchev–Trinajstić information content (AvgIpc) is 3.06. The van der Waals surface area contributed by atoms with E-state index in [-0.39, 0.29) is 29.4 Å². The summed E-state index contributed by atoms with van der Waals surface area (Å²) in [5.74, 6) is 1.04. The third-order valence-electron chi connectivity index (χ3n) is 4.64. The van der Waals surface area contributed by atoms with E-state index in [1.807, 2.05) is 6.07 Å². The Labute approximate surface area is 149 Å². The summed E-state index contributed by atoms with van der Waals surface area (Å²) in [6, 6.07) is 8.38. The number of halogens is 2. The van der Waals surface area contributed by atoms with Gasteiger partial charge in [0.15, 0.2) is 5.96 Å². The lowest BCUT2D eigenvalue weighted by atomic mass is 9.79. The van der Waals surface area contributed by atoms with E-state index in [1.165, 1.54) is 31.2 Å². The van der Waals surface area contributed by atoms with Gasteiger partial charge in [0.25, 0.3) is 0 Å². The van der Waals surface area contributed by atoms with Gasteiger partial charge >= 0.3 is 0 Å². The van der Waals surface area contributed by atoms with Crippen LogP contribution in [0.15, 0.2) is 29.3 Å². The minimum absolute atomic E-state index is 0. The predicted octanol–water partition coefficient (Wildman–Crippen LogP) is 3.66. The Hall–Kier alpha value is -0.490. The smallest absolute Gasteiger partial charge is 0.193 e. The first-order valence-corrected chi connectivity index (χ1v) is 7.83. The average molecular weight is 420 g/mol. The monoisotopic (exact) mass is 419 g/mol. The number of likely N-dealkylation sites (N-methyl/N-ethyl adjacent to an activating group) is 1. The highest BCUT2D eigenvalue weighted by Crippen LogP contribution is 2.41. The van der Waals surface area contributed by atoms with Gasteiger partial charge in [0.2, 0.25) is 0 Å². The van der Waals surface area contributed by atoms with E-state index < -0.39 is 0 Å². The van der Waals surface area contributed by atoms with Crippen LogP contribution in [0.2, 0.25) is 5.02 Å². The van der Waals surface area contributed by atoms with E-state index in [2.05, 4.69) is 40.5 Å².